The van der Waals surface area contributed by atoms with E-state index in [1.807, 2.05) is 18.2 Å². The first-order chi connectivity index (χ1) is 9.24. The maximum Gasteiger partial charge on any atom is 0.102 e. The summed E-state index contributed by atoms with van der Waals surface area (Å²) in [6, 6.07) is 16.5. The van der Waals surface area contributed by atoms with Crippen molar-refractivity contribution >= 4 is 0 Å². The van der Waals surface area contributed by atoms with Crippen LogP contribution in [0.15, 0.2) is 54.7 Å². The molecule has 1 N–H and O–H groups in total. The van der Waals surface area contributed by atoms with E-state index >= 15 is 0 Å². The van der Waals surface area contributed by atoms with Gasteiger partial charge in [-0.2, -0.15) is 0 Å². The molecule has 0 spiro atoms. The second kappa shape index (κ2) is 3.67. The predicted molar refractivity (Wildman–Crippen MR) is 73.6 cm³/mol. The molecule has 3 saturated carbocycles. The van der Waals surface area contributed by atoms with E-state index < -0.39 is 6.10 Å². The number of rotatable bonds is 3. The van der Waals surface area contributed by atoms with Crippen LogP contribution in [-0.2, 0) is 5.41 Å². The first kappa shape index (κ1) is 11.2. The Hall–Kier alpha value is -1.67. The molecule has 96 valence electrons. The van der Waals surface area contributed by atoms with Crippen LogP contribution in [-0.4, -0.2) is 10.1 Å². The minimum absolute atomic E-state index is 0.0875. The molecule has 19 heavy (non-hydrogen) atoms. The van der Waals surface area contributed by atoms with E-state index in [4.69, 9.17) is 0 Å². The molecule has 2 bridgehead atoms. The monoisotopic (exact) mass is 251 g/mol. The fraction of sp³-hybridized carbons (Fsp3) is 0.353. The second-order valence-electron chi connectivity index (χ2n) is 6.20. The molecule has 1 aromatic carbocycles. The highest BCUT2D eigenvalue weighted by molar-refractivity contribution is 5.40. The largest absolute Gasteiger partial charge is 0.386 e. The van der Waals surface area contributed by atoms with Gasteiger partial charge in [0.1, 0.15) is 6.10 Å². The molecule has 0 aliphatic heterocycles. The van der Waals surface area contributed by atoms with Crippen LogP contribution < -0.4 is 0 Å². The van der Waals surface area contributed by atoms with Crippen molar-refractivity contribution < 1.29 is 5.11 Å². The Kier molecular flexibility index (Phi) is 2.16. The Morgan fingerprint density at radius 3 is 2.26 bits per heavy atom. The summed E-state index contributed by atoms with van der Waals surface area (Å²) in [7, 11) is 0. The Morgan fingerprint density at radius 1 is 0.947 bits per heavy atom. The van der Waals surface area contributed by atoms with Gasteiger partial charge in [0.15, 0.2) is 0 Å². The number of hydrogen-bond donors (Lipinski definition) is 1. The highest BCUT2D eigenvalue weighted by Crippen LogP contribution is 2.77. The third-order valence-electron chi connectivity index (χ3n) is 5.01. The van der Waals surface area contributed by atoms with Crippen LogP contribution in [0, 0.1) is 5.41 Å². The molecule has 1 aromatic heterocycles. The number of hydrogen-bond acceptors (Lipinski definition) is 2. The van der Waals surface area contributed by atoms with Crippen molar-refractivity contribution in [1.82, 2.24) is 4.98 Å². The predicted octanol–water partition coefficient (Wildman–Crippen LogP) is 3.24. The number of aromatic nitrogens is 1. The van der Waals surface area contributed by atoms with E-state index in [0.717, 1.165) is 25.0 Å². The van der Waals surface area contributed by atoms with Crippen LogP contribution in [0.2, 0.25) is 0 Å². The number of nitrogens with zero attached hydrogens (tertiary/aromatic N) is 1. The van der Waals surface area contributed by atoms with Crippen molar-refractivity contribution in [3.05, 3.63) is 66.0 Å². The Labute approximate surface area is 113 Å². The lowest BCUT2D eigenvalue weighted by Gasteiger charge is -2.72. The zero-order valence-corrected chi connectivity index (χ0v) is 10.8. The smallest absolute Gasteiger partial charge is 0.102 e. The fourth-order valence-electron chi connectivity index (χ4n) is 4.11. The van der Waals surface area contributed by atoms with E-state index in [9.17, 15) is 5.11 Å². The third kappa shape index (κ3) is 1.44. The lowest BCUT2D eigenvalue weighted by Crippen LogP contribution is -2.66. The molecule has 3 aliphatic rings. The Morgan fingerprint density at radius 2 is 1.63 bits per heavy atom. The quantitative estimate of drug-likeness (QED) is 0.908. The molecule has 2 nitrogen and oxygen atoms in total. The molecule has 5 rings (SSSR count). The van der Waals surface area contributed by atoms with Gasteiger partial charge < -0.3 is 5.11 Å². The second-order valence-corrected chi connectivity index (χ2v) is 6.20. The zero-order chi connectivity index (χ0) is 12.9. The Balaban J connectivity index is 1.54. The van der Waals surface area contributed by atoms with E-state index in [2.05, 4.69) is 35.3 Å². The summed E-state index contributed by atoms with van der Waals surface area (Å²) in [5.74, 6) is 0. The highest BCUT2D eigenvalue weighted by Gasteiger charge is 2.71. The Bertz CT molecular complexity index is 573. The van der Waals surface area contributed by atoms with Gasteiger partial charge in [0.25, 0.3) is 0 Å². The number of aliphatic hydroxyl groups excluding tert-OH is 1. The van der Waals surface area contributed by atoms with Crippen molar-refractivity contribution in [3.8, 4) is 0 Å². The van der Waals surface area contributed by atoms with Crippen LogP contribution in [0.5, 0.6) is 0 Å². The summed E-state index contributed by atoms with van der Waals surface area (Å²) in [6.45, 7) is 0. The minimum Gasteiger partial charge on any atom is -0.386 e. The number of benzene rings is 1. The fourth-order valence-corrected chi connectivity index (χ4v) is 4.11. The molecular formula is C17H17NO. The summed E-state index contributed by atoms with van der Waals surface area (Å²) >= 11 is 0. The van der Waals surface area contributed by atoms with Gasteiger partial charge in [-0.1, -0.05) is 36.4 Å². The normalized spacial score (nSPS) is 33.1. The molecule has 2 heteroatoms. The molecule has 0 saturated heterocycles. The summed E-state index contributed by atoms with van der Waals surface area (Å²) < 4.78 is 0. The summed E-state index contributed by atoms with van der Waals surface area (Å²) in [4.78, 5) is 4.30. The van der Waals surface area contributed by atoms with E-state index in [-0.39, 0.29) is 5.41 Å². The topological polar surface area (TPSA) is 33.1 Å². The van der Waals surface area contributed by atoms with Gasteiger partial charge in [-0.3, -0.25) is 4.98 Å². The summed E-state index contributed by atoms with van der Waals surface area (Å²) in [5, 5.41) is 10.5. The maximum absolute atomic E-state index is 10.5. The number of pyridine rings is 1. The van der Waals surface area contributed by atoms with Crippen LogP contribution in [0.25, 0.3) is 0 Å². The molecule has 3 aliphatic carbocycles. The van der Waals surface area contributed by atoms with Gasteiger partial charge in [-0.25, -0.2) is 0 Å². The van der Waals surface area contributed by atoms with Crippen molar-refractivity contribution in [2.45, 2.75) is 30.8 Å². The summed E-state index contributed by atoms with van der Waals surface area (Å²) in [5.41, 5.74) is 2.69. The average molecular weight is 251 g/mol. The molecular weight excluding hydrogens is 234 g/mol. The molecule has 1 heterocycles. The lowest BCUT2D eigenvalue weighted by molar-refractivity contribution is -0.211. The van der Waals surface area contributed by atoms with Crippen molar-refractivity contribution in [2.24, 2.45) is 5.41 Å². The maximum atomic E-state index is 10.5. The number of aliphatic hydroxyl groups is 1. The first-order valence-electron chi connectivity index (χ1n) is 6.89. The molecule has 0 unspecified atom stereocenters. The minimum atomic E-state index is -0.403. The molecule has 3 fully saturated rings. The SMILES string of the molecule is O[C@@H](c1ccccn1)C12CC(c3ccccc3)(C1)C2. The van der Waals surface area contributed by atoms with Gasteiger partial charge in [0, 0.05) is 11.6 Å². The van der Waals surface area contributed by atoms with Crippen molar-refractivity contribution in [1.29, 1.82) is 0 Å². The standard InChI is InChI=1S/C17H17NO/c19-15(14-8-4-5-9-18-14)17-10-16(11-17,12-17)13-6-2-1-3-7-13/h1-9,15,19H,10-12H2/t15-,16?,17?/m0/s1. The molecule has 0 radical (unpaired) electrons. The van der Waals surface area contributed by atoms with Crippen molar-refractivity contribution in [3.63, 3.8) is 0 Å². The van der Waals surface area contributed by atoms with Crippen LogP contribution in [0.3, 0.4) is 0 Å². The van der Waals surface area contributed by atoms with Crippen LogP contribution in [0.4, 0.5) is 0 Å². The highest BCUT2D eigenvalue weighted by atomic mass is 16.3. The van der Waals surface area contributed by atoms with Gasteiger partial charge in [-0.15, -0.1) is 0 Å². The molecule has 2 aromatic rings. The first-order valence-corrected chi connectivity index (χ1v) is 6.89. The lowest BCUT2D eigenvalue weighted by atomic mass is 9.32. The van der Waals surface area contributed by atoms with Gasteiger partial charge in [0.05, 0.1) is 5.69 Å². The third-order valence-corrected chi connectivity index (χ3v) is 5.01. The molecule has 0 amide bonds. The van der Waals surface area contributed by atoms with Crippen LogP contribution >= 0.6 is 0 Å². The zero-order valence-electron chi connectivity index (χ0n) is 10.8. The van der Waals surface area contributed by atoms with Gasteiger partial charge in [0.2, 0.25) is 0 Å². The van der Waals surface area contributed by atoms with E-state index in [1.165, 1.54) is 5.56 Å². The van der Waals surface area contributed by atoms with Gasteiger partial charge >= 0.3 is 0 Å². The summed E-state index contributed by atoms with van der Waals surface area (Å²) in [6.07, 6.45) is 4.65. The average Bonchev–Trinajstić information content (AvgIpc) is 2.38. The van der Waals surface area contributed by atoms with E-state index in [1.54, 1.807) is 6.20 Å². The molecule has 1 atom stereocenters. The van der Waals surface area contributed by atoms with Gasteiger partial charge in [-0.05, 0) is 42.4 Å². The van der Waals surface area contributed by atoms with E-state index in [0.29, 0.717) is 5.41 Å². The van der Waals surface area contributed by atoms with Crippen LogP contribution in [0.1, 0.15) is 36.6 Å². The van der Waals surface area contributed by atoms with Crippen molar-refractivity contribution in [2.75, 3.05) is 0 Å².